The van der Waals surface area contributed by atoms with Gasteiger partial charge in [-0.05, 0) is 117 Å². The van der Waals surface area contributed by atoms with Crippen molar-refractivity contribution in [3.63, 3.8) is 0 Å². The van der Waals surface area contributed by atoms with Crippen molar-refractivity contribution in [3.05, 3.63) is 200 Å². The number of hydrogen-bond donors (Lipinski definition) is 5. The lowest BCUT2D eigenvalue weighted by Crippen LogP contribution is -2.32. The molecular formula is C45H34BBr2Cl6F6N11O2. The number of nitrogens with two attached hydrogens (primary N) is 1. The fourth-order valence-electron chi connectivity index (χ4n) is 5.47. The highest BCUT2D eigenvalue weighted by atomic mass is 79.9. The van der Waals surface area contributed by atoms with Crippen LogP contribution in [0, 0.1) is 48.8 Å². The SMILES string of the molecule is Cc1cc(Cl)cnc1-c1cnc(NCc2c(F)cc(Cl)cc2F)nc1.Cc1cc(Cl)ncc1B(O)O.Clc1ncc(Br)cn1.Fc1cc(Cl)cc(F)c1CNc1ncc(Br)cn1.NCc1c(F)cc(Cl)cc1F. The van der Waals surface area contributed by atoms with Gasteiger partial charge in [0.25, 0.3) is 0 Å². The number of halogens is 14. The maximum Gasteiger partial charge on any atom is 0.490 e. The number of hydrogen-bond acceptors (Lipinski definition) is 13. The molecule has 13 nitrogen and oxygen atoms in total. The van der Waals surface area contributed by atoms with Gasteiger partial charge in [-0.2, -0.15) is 0 Å². The third kappa shape index (κ3) is 20.0. The third-order valence-electron chi connectivity index (χ3n) is 8.94. The van der Waals surface area contributed by atoms with E-state index in [9.17, 15) is 26.3 Å². The summed E-state index contributed by atoms with van der Waals surface area (Å²) in [7, 11) is -1.47. The minimum Gasteiger partial charge on any atom is -0.423 e. The first kappa shape index (κ1) is 60.6. The Hall–Kier alpha value is -4.98. The lowest BCUT2D eigenvalue weighted by Gasteiger charge is -2.09. The molecule has 0 bridgehead atoms. The van der Waals surface area contributed by atoms with Gasteiger partial charge in [-0.1, -0.05) is 58.0 Å². The second kappa shape index (κ2) is 29.8. The van der Waals surface area contributed by atoms with Crippen molar-refractivity contribution in [1.82, 2.24) is 39.9 Å². The number of benzene rings is 3. The third-order valence-corrected chi connectivity index (χ3v) is 11.0. The van der Waals surface area contributed by atoms with Gasteiger partial charge < -0.3 is 26.4 Å². The van der Waals surface area contributed by atoms with Gasteiger partial charge in [-0.15, -0.1) is 0 Å². The summed E-state index contributed by atoms with van der Waals surface area (Å²) in [4.78, 5) is 31.5. The zero-order valence-corrected chi connectivity index (χ0v) is 45.0. The monoisotopic (exact) mass is 1250 g/mol. The molecule has 0 aliphatic rings. The summed E-state index contributed by atoms with van der Waals surface area (Å²) in [5.74, 6) is -3.73. The predicted octanol–water partition coefficient (Wildman–Crippen LogP) is 12.5. The van der Waals surface area contributed by atoms with Crippen LogP contribution in [0.15, 0.2) is 107 Å². The van der Waals surface area contributed by atoms with Crippen molar-refractivity contribution in [2.75, 3.05) is 10.6 Å². The Bertz CT molecular complexity index is 3010. The fraction of sp³-hybridized carbons (Fsp3) is 0.111. The van der Waals surface area contributed by atoms with E-state index in [0.717, 1.165) is 56.5 Å². The van der Waals surface area contributed by atoms with Crippen LogP contribution in [0.2, 0.25) is 30.5 Å². The van der Waals surface area contributed by atoms with Crippen LogP contribution in [0.25, 0.3) is 11.3 Å². The molecule has 3 aromatic carbocycles. The molecule has 0 atom stereocenters. The van der Waals surface area contributed by atoms with Crippen molar-refractivity contribution in [3.8, 4) is 11.3 Å². The zero-order valence-electron chi connectivity index (χ0n) is 37.3. The number of aromatic nitrogens is 8. The highest BCUT2D eigenvalue weighted by Gasteiger charge is 2.15. The molecule has 0 saturated carbocycles. The molecule has 6 N–H and O–H groups in total. The van der Waals surface area contributed by atoms with Crippen LogP contribution >= 0.6 is 101 Å². The highest BCUT2D eigenvalue weighted by molar-refractivity contribution is 9.10. The Morgan fingerprint density at radius 2 is 0.890 bits per heavy atom. The largest absolute Gasteiger partial charge is 0.490 e. The van der Waals surface area contributed by atoms with Crippen LogP contribution in [0.1, 0.15) is 27.8 Å². The first-order valence-electron chi connectivity index (χ1n) is 20.2. The Morgan fingerprint density at radius 3 is 1.26 bits per heavy atom. The smallest absolute Gasteiger partial charge is 0.423 e. The van der Waals surface area contributed by atoms with Gasteiger partial charge in [0.05, 0.1) is 19.7 Å². The van der Waals surface area contributed by atoms with E-state index in [1.165, 1.54) is 18.6 Å². The van der Waals surface area contributed by atoms with E-state index in [4.69, 9.17) is 85.4 Å². The number of nitrogens with zero attached hydrogens (tertiary/aromatic N) is 8. The quantitative estimate of drug-likeness (QED) is 0.0397. The molecule has 0 saturated heterocycles. The number of anilines is 2. The molecule has 382 valence electrons. The molecule has 28 heteroatoms. The van der Waals surface area contributed by atoms with E-state index in [2.05, 4.69) is 82.4 Å². The van der Waals surface area contributed by atoms with Crippen molar-refractivity contribution in [2.24, 2.45) is 5.73 Å². The second-order valence-electron chi connectivity index (χ2n) is 14.2. The lowest BCUT2D eigenvalue weighted by molar-refractivity contribution is 0.425. The van der Waals surface area contributed by atoms with Gasteiger partial charge in [0.1, 0.15) is 40.1 Å². The predicted molar refractivity (Wildman–Crippen MR) is 280 cm³/mol. The second-order valence-corrected chi connectivity index (χ2v) is 18.5. The summed E-state index contributed by atoms with van der Waals surface area (Å²) in [5, 5.41) is 24.3. The van der Waals surface area contributed by atoms with Gasteiger partial charge in [0.2, 0.25) is 17.2 Å². The molecule has 0 aliphatic carbocycles. The average molecular weight is 1260 g/mol. The molecule has 0 radical (unpaired) electrons. The maximum absolute atomic E-state index is 13.8. The Kier molecular flexibility index (Phi) is 24.7. The van der Waals surface area contributed by atoms with Crippen molar-refractivity contribution in [1.29, 1.82) is 0 Å². The average Bonchev–Trinajstić information content (AvgIpc) is 3.31. The molecule has 5 heterocycles. The zero-order chi connectivity index (χ0) is 53.9. The van der Waals surface area contributed by atoms with Gasteiger partial charge in [-0.3, -0.25) is 4.98 Å². The molecule has 0 aliphatic heterocycles. The molecule has 0 fully saturated rings. The standard InChI is InChI=1S/C17H12Cl2F2N4.C11H7BrClF2N3.C7H6ClF2N.C6H7BClNO2.C4H2BrClN2/c1-9-2-12(19)7-22-16(9)10-5-23-17(24-6-10)25-8-13-14(20)3-11(18)4-15(13)21;12-6-3-16-11(17-4-6)18-5-8-9(14)1-7(13)2-10(8)15;8-4-1-6(9)5(3-11)7(10)2-4;1-4-2-6(8)9-3-5(4)7(10)11;5-3-1-7-4(6)8-2-3/h2-7H,8H2,1H3,(H,23,24,25);1-4H,5H2,(H,16,17,18);1-2H,3,11H2;2-3,10-11H,1H3;1-2H. The molecule has 8 rings (SSSR count). The first-order chi connectivity index (χ1) is 34.5. The van der Waals surface area contributed by atoms with Crippen LogP contribution in [0.3, 0.4) is 0 Å². The fourth-order valence-corrected chi connectivity index (χ4v) is 6.98. The molecular weight excluding hydrogens is 1220 g/mol. The molecule has 0 unspecified atom stereocenters. The van der Waals surface area contributed by atoms with Crippen molar-refractivity contribution in [2.45, 2.75) is 33.5 Å². The summed E-state index contributed by atoms with van der Waals surface area (Å²) >= 11 is 39.6. The van der Waals surface area contributed by atoms with E-state index >= 15 is 0 Å². The molecule has 73 heavy (non-hydrogen) atoms. The van der Waals surface area contributed by atoms with Crippen LogP contribution in [0.4, 0.5) is 38.2 Å². The summed E-state index contributed by atoms with van der Waals surface area (Å²) in [6.07, 6.45) is 12.3. The van der Waals surface area contributed by atoms with Crippen LogP contribution in [-0.2, 0) is 19.6 Å². The van der Waals surface area contributed by atoms with Crippen molar-refractivity contribution < 1.29 is 36.4 Å². The summed E-state index contributed by atoms with van der Waals surface area (Å²) < 4.78 is 81.4. The Balaban J connectivity index is 0.000000211. The summed E-state index contributed by atoms with van der Waals surface area (Å²) in [6, 6.07) is 9.67. The first-order valence-corrected chi connectivity index (χ1v) is 24.0. The summed E-state index contributed by atoms with van der Waals surface area (Å²) in [6.45, 7) is 3.30. The summed E-state index contributed by atoms with van der Waals surface area (Å²) in [5.41, 5.74) is 8.13. The normalized spacial score (nSPS) is 10.3. The van der Waals surface area contributed by atoms with E-state index in [1.807, 2.05) is 6.92 Å². The van der Waals surface area contributed by atoms with Crippen LogP contribution < -0.4 is 21.8 Å². The lowest BCUT2D eigenvalue weighted by atomic mass is 9.79. The molecule has 5 aromatic heterocycles. The van der Waals surface area contributed by atoms with E-state index in [1.54, 1.807) is 50.0 Å². The number of nitrogens with one attached hydrogen (secondary N) is 2. The molecule has 8 aromatic rings. The van der Waals surface area contributed by atoms with E-state index < -0.39 is 42.0 Å². The van der Waals surface area contributed by atoms with E-state index in [0.29, 0.717) is 26.9 Å². The number of pyridine rings is 2. The van der Waals surface area contributed by atoms with Gasteiger partial charge >= 0.3 is 7.12 Å². The minimum absolute atomic E-state index is 0.00480. The number of rotatable bonds is 9. The highest BCUT2D eigenvalue weighted by Crippen LogP contribution is 2.24. The maximum atomic E-state index is 13.8. The van der Waals surface area contributed by atoms with Crippen molar-refractivity contribution >= 4 is 126 Å². The van der Waals surface area contributed by atoms with Gasteiger partial charge in [0, 0.05) is 112 Å². The van der Waals surface area contributed by atoms with Gasteiger partial charge in [0.15, 0.2) is 0 Å². The number of aryl methyl sites for hydroxylation is 2. The van der Waals surface area contributed by atoms with Crippen LogP contribution in [0.5, 0.6) is 0 Å². The Labute approximate surface area is 460 Å². The molecule has 0 spiro atoms. The minimum atomic E-state index is -1.47. The molecule has 0 amide bonds. The Morgan fingerprint density at radius 1 is 0.493 bits per heavy atom. The van der Waals surface area contributed by atoms with E-state index in [-0.39, 0.29) is 68.6 Å². The van der Waals surface area contributed by atoms with Gasteiger partial charge in [-0.25, -0.2) is 61.2 Å². The topological polar surface area (TPSA) is 194 Å². The van der Waals surface area contributed by atoms with Crippen LogP contribution in [-0.4, -0.2) is 57.0 Å².